The van der Waals surface area contributed by atoms with Gasteiger partial charge in [0.25, 0.3) is 0 Å². The summed E-state index contributed by atoms with van der Waals surface area (Å²) in [5, 5.41) is 7.21. The smallest absolute Gasteiger partial charge is 0.213 e. The Hall–Kier alpha value is -3.27. The Balaban J connectivity index is 1.49. The molecule has 2 aliphatic rings. The van der Waals surface area contributed by atoms with Gasteiger partial charge in [0.1, 0.15) is 11.5 Å². The zero-order valence-corrected chi connectivity index (χ0v) is 19.2. The van der Waals surface area contributed by atoms with Gasteiger partial charge in [0.2, 0.25) is 6.23 Å². The fourth-order valence-corrected chi connectivity index (χ4v) is 4.47. The molecule has 3 aromatic rings. The second-order valence-electron chi connectivity index (χ2n) is 9.17. The molecular formula is C28H30N2O2. The number of benzene rings is 3. The fourth-order valence-electron chi connectivity index (χ4n) is 4.47. The standard InChI is InChI=1S/C28H30N2O2/c1-18(2)20-9-11-22(12-10-20)28-30-26(24-7-5-6-8-27(24)32-28)17-25(29-30)21-13-15-23(16-14-21)31-19(3)4/h5-16,18-19,26,28H,17H2,1-4H3/t26-,28+/m1/s1. The van der Waals surface area contributed by atoms with Crippen LogP contribution < -0.4 is 9.47 Å². The predicted molar refractivity (Wildman–Crippen MR) is 128 cm³/mol. The Morgan fingerprint density at radius 1 is 0.906 bits per heavy atom. The third-order valence-corrected chi connectivity index (χ3v) is 6.15. The molecule has 2 atom stereocenters. The summed E-state index contributed by atoms with van der Waals surface area (Å²) in [4.78, 5) is 0. The van der Waals surface area contributed by atoms with Gasteiger partial charge in [0.05, 0.1) is 17.9 Å². The number of fused-ring (bicyclic) bond motifs is 3. The Morgan fingerprint density at radius 2 is 1.62 bits per heavy atom. The first kappa shape index (κ1) is 20.6. The molecule has 0 N–H and O–H groups in total. The quantitative estimate of drug-likeness (QED) is 0.448. The lowest BCUT2D eigenvalue weighted by molar-refractivity contribution is -0.0190. The molecule has 0 fully saturated rings. The molecule has 0 saturated carbocycles. The van der Waals surface area contributed by atoms with E-state index >= 15 is 0 Å². The summed E-state index contributed by atoms with van der Waals surface area (Å²) in [6, 6.07) is 25.5. The summed E-state index contributed by atoms with van der Waals surface area (Å²) >= 11 is 0. The average molecular weight is 427 g/mol. The SMILES string of the molecule is CC(C)Oc1ccc(C2=NN3[C@H](C2)c2ccccc2O[C@H]3c2ccc(C(C)C)cc2)cc1. The summed E-state index contributed by atoms with van der Waals surface area (Å²) in [7, 11) is 0. The summed E-state index contributed by atoms with van der Waals surface area (Å²) in [5.74, 6) is 2.34. The highest BCUT2D eigenvalue weighted by Crippen LogP contribution is 2.47. The molecule has 32 heavy (non-hydrogen) atoms. The minimum atomic E-state index is -0.239. The third-order valence-electron chi connectivity index (χ3n) is 6.15. The number of hydrazone groups is 1. The van der Waals surface area contributed by atoms with Crippen LogP contribution in [0.2, 0.25) is 0 Å². The van der Waals surface area contributed by atoms with Crippen molar-refractivity contribution in [3.8, 4) is 11.5 Å². The number of para-hydroxylation sites is 1. The molecule has 4 nitrogen and oxygen atoms in total. The van der Waals surface area contributed by atoms with E-state index in [-0.39, 0.29) is 18.4 Å². The van der Waals surface area contributed by atoms with Crippen molar-refractivity contribution in [3.05, 3.63) is 95.1 Å². The monoisotopic (exact) mass is 426 g/mol. The third kappa shape index (κ3) is 3.86. The molecular weight excluding hydrogens is 396 g/mol. The molecule has 0 bridgehead atoms. The topological polar surface area (TPSA) is 34.1 Å². The van der Waals surface area contributed by atoms with E-state index < -0.39 is 0 Å². The lowest BCUT2D eigenvalue weighted by Crippen LogP contribution is -2.33. The van der Waals surface area contributed by atoms with Crippen molar-refractivity contribution in [3.63, 3.8) is 0 Å². The minimum absolute atomic E-state index is 0.162. The largest absolute Gasteiger partial charge is 0.491 e. The van der Waals surface area contributed by atoms with E-state index in [1.54, 1.807) is 0 Å². The van der Waals surface area contributed by atoms with Crippen LogP contribution in [0.5, 0.6) is 11.5 Å². The first-order valence-electron chi connectivity index (χ1n) is 11.5. The molecule has 0 unspecified atom stereocenters. The maximum Gasteiger partial charge on any atom is 0.213 e. The molecule has 0 spiro atoms. The molecule has 164 valence electrons. The van der Waals surface area contributed by atoms with Crippen LogP contribution in [-0.4, -0.2) is 16.8 Å². The van der Waals surface area contributed by atoms with Gasteiger partial charge >= 0.3 is 0 Å². The van der Waals surface area contributed by atoms with Crippen molar-refractivity contribution < 1.29 is 9.47 Å². The van der Waals surface area contributed by atoms with Gasteiger partial charge in [-0.05, 0) is 61.2 Å². The van der Waals surface area contributed by atoms with Crippen molar-refractivity contribution in [1.82, 2.24) is 5.01 Å². The van der Waals surface area contributed by atoms with Crippen molar-refractivity contribution in [2.75, 3.05) is 0 Å². The highest BCUT2D eigenvalue weighted by atomic mass is 16.5. The zero-order valence-electron chi connectivity index (χ0n) is 19.2. The number of hydrogen-bond acceptors (Lipinski definition) is 4. The Morgan fingerprint density at radius 3 is 2.31 bits per heavy atom. The van der Waals surface area contributed by atoms with E-state index in [1.165, 1.54) is 11.1 Å². The zero-order chi connectivity index (χ0) is 22.2. The van der Waals surface area contributed by atoms with Gasteiger partial charge in [-0.15, -0.1) is 0 Å². The molecule has 2 aliphatic heterocycles. The van der Waals surface area contributed by atoms with Crippen LogP contribution in [0.4, 0.5) is 0 Å². The van der Waals surface area contributed by atoms with E-state index in [2.05, 4.69) is 73.5 Å². The molecule has 0 aromatic heterocycles. The highest BCUT2D eigenvalue weighted by Gasteiger charge is 2.40. The number of nitrogens with zero attached hydrogens (tertiary/aromatic N) is 2. The lowest BCUT2D eigenvalue weighted by atomic mass is 9.95. The van der Waals surface area contributed by atoms with E-state index in [1.807, 2.05) is 32.0 Å². The number of rotatable bonds is 5. The molecule has 3 aromatic carbocycles. The predicted octanol–water partition coefficient (Wildman–Crippen LogP) is 6.84. The van der Waals surface area contributed by atoms with Gasteiger partial charge in [-0.2, -0.15) is 5.10 Å². The van der Waals surface area contributed by atoms with Crippen LogP contribution in [0.25, 0.3) is 0 Å². The van der Waals surface area contributed by atoms with Crippen molar-refractivity contribution >= 4 is 5.71 Å². The molecule has 0 saturated heterocycles. The average Bonchev–Trinajstić information content (AvgIpc) is 3.24. The first-order chi connectivity index (χ1) is 15.5. The van der Waals surface area contributed by atoms with Crippen LogP contribution in [0.15, 0.2) is 77.9 Å². The van der Waals surface area contributed by atoms with Gasteiger partial charge < -0.3 is 9.47 Å². The van der Waals surface area contributed by atoms with E-state index in [4.69, 9.17) is 14.6 Å². The van der Waals surface area contributed by atoms with Gasteiger partial charge in [-0.25, -0.2) is 5.01 Å². The fraction of sp³-hybridized carbons (Fsp3) is 0.321. The summed E-state index contributed by atoms with van der Waals surface area (Å²) in [6.45, 7) is 8.51. The number of ether oxygens (including phenoxy) is 2. The van der Waals surface area contributed by atoms with Crippen LogP contribution in [0, 0.1) is 0 Å². The highest BCUT2D eigenvalue weighted by molar-refractivity contribution is 6.02. The summed E-state index contributed by atoms with van der Waals surface area (Å²) < 4.78 is 12.3. The molecule has 0 amide bonds. The summed E-state index contributed by atoms with van der Waals surface area (Å²) in [5.41, 5.74) is 5.86. The lowest BCUT2D eigenvalue weighted by Gasteiger charge is -2.38. The van der Waals surface area contributed by atoms with Crippen LogP contribution in [0.1, 0.15) is 74.6 Å². The van der Waals surface area contributed by atoms with Gasteiger partial charge in [-0.1, -0.05) is 56.3 Å². The first-order valence-corrected chi connectivity index (χ1v) is 11.5. The summed E-state index contributed by atoms with van der Waals surface area (Å²) in [6.07, 6.45) is 0.776. The van der Waals surface area contributed by atoms with Gasteiger partial charge in [0, 0.05) is 17.5 Å². The van der Waals surface area contributed by atoms with Crippen molar-refractivity contribution in [2.45, 2.75) is 58.4 Å². The van der Waals surface area contributed by atoms with Crippen LogP contribution in [0.3, 0.4) is 0 Å². The number of hydrogen-bond donors (Lipinski definition) is 0. The van der Waals surface area contributed by atoms with E-state index in [0.29, 0.717) is 5.92 Å². The minimum Gasteiger partial charge on any atom is -0.491 e. The molecule has 0 radical (unpaired) electrons. The maximum atomic E-state index is 6.48. The Bertz CT molecular complexity index is 1120. The Kier molecular flexibility index (Phi) is 5.38. The second kappa shape index (κ2) is 8.34. The van der Waals surface area contributed by atoms with Gasteiger partial charge in [0.15, 0.2) is 0 Å². The van der Waals surface area contributed by atoms with Crippen LogP contribution in [-0.2, 0) is 0 Å². The molecule has 0 aliphatic carbocycles. The molecule has 4 heteroatoms. The second-order valence-corrected chi connectivity index (χ2v) is 9.17. The van der Waals surface area contributed by atoms with E-state index in [9.17, 15) is 0 Å². The van der Waals surface area contributed by atoms with Crippen molar-refractivity contribution in [2.24, 2.45) is 5.10 Å². The van der Waals surface area contributed by atoms with Crippen molar-refractivity contribution in [1.29, 1.82) is 0 Å². The maximum absolute atomic E-state index is 6.48. The van der Waals surface area contributed by atoms with E-state index in [0.717, 1.165) is 34.8 Å². The normalized spacial score (nSPS) is 19.4. The van der Waals surface area contributed by atoms with Crippen LogP contribution >= 0.6 is 0 Å². The molecule has 5 rings (SSSR count). The Labute approximate surface area is 190 Å². The molecule has 2 heterocycles. The van der Waals surface area contributed by atoms with Gasteiger partial charge in [-0.3, -0.25) is 0 Å².